The number of aromatic nitrogens is 2. The van der Waals surface area contributed by atoms with E-state index in [1.165, 1.54) is 12.5 Å². The molecule has 2 bridgehead atoms. The third kappa shape index (κ3) is 3.62. The van der Waals surface area contributed by atoms with E-state index in [1.807, 2.05) is 4.90 Å². The maximum atomic E-state index is 13.7. The number of benzene rings is 1. The minimum atomic E-state index is -0.298. The first kappa shape index (κ1) is 17.1. The molecule has 2 saturated heterocycles. The van der Waals surface area contributed by atoms with Crippen LogP contribution in [-0.4, -0.2) is 46.1 Å². The number of hydrogen-bond donors (Lipinski definition) is 1. The molecule has 7 heteroatoms. The van der Waals surface area contributed by atoms with Crippen LogP contribution in [0.3, 0.4) is 0 Å². The van der Waals surface area contributed by atoms with Crippen molar-refractivity contribution in [2.24, 2.45) is 0 Å². The number of hydrogen-bond acceptors (Lipinski definition) is 5. The Balaban J connectivity index is 1.35. The molecule has 3 heterocycles. The molecule has 4 rings (SSSR count). The number of carbonyl (C=O) groups excluding carboxylic acids is 1. The fourth-order valence-corrected chi connectivity index (χ4v) is 3.75. The second kappa shape index (κ2) is 7.15. The fraction of sp³-hybridized carbons (Fsp3) is 0.526. The van der Waals surface area contributed by atoms with Crippen LogP contribution in [-0.2, 0) is 11.2 Å². The van der Waals surface area contributed by atoms with E-state index < -0.39 is 0 Å². The SMILES string of the molecule is Cc1ccc(-c2noc(CCC(=O)N3CCC4CCC(C3)N4)n2)cc1F. The standard InChI is InChI=1S/C19H23FN4O2/c1-12-2-3-13(10-16(12)20)19-22-17(26-23-19)6-7-18(25)24-9-8-14-4-5-15(11-24)21-14/h2-3,10,14-15,21H,4-9,11H2,1H3. The van der Waals surface area contributed by atoms with E-state index in [2.05, 4.69) is 15.5 Å². The number of aryl methyl sites for hydroxylation is 2. The summed E-state index contributed by atoms with van der Waals surface area (Å²) in [6, 6.07) is 5.83. The van der Waals surface area contributed by atoms with Crippen LogP contribution in [0.25, 0.3) is 11.4 Å². The van der Waals surface area contributed by atoms with E-state index in [1.54, 1.807) is 19.1 Å². The monoisotopic (exact) mass is 358 g/mol. The Kier molecular flexibility index (Phi) is 4.72. The van der Waals surface area contributed by atoms with Crippen molar-refractivity contribution in [3.8, 4) is 11.4 Å². The van der Waals surface area contributed by atoms with Gasteiger partial charge < -0.3 is 14.7 Å². The summed E-state index contributed by atoms with van der Waals surface area (Å²) in [7, 11) is 0. The van der Waals surface area contributed by atoms with Crippen LogP contribution >= 0.6 is 0 Å². The normalized spacial score (nSPS) is 22.5. The molecule has 1 N–H and O–H groups in total. The van der Waals surface area contributed by atoms with Crippen LogP contribution in [0, 0.1) is 12.7 Å². The average molecular weight is 358 g/mol. The molecule has 1 aromatic heterocycles. The van der Waals surface area contributed by atoms with Crippen LogP contribution in [0.15, 0.2) is 22.7 Å². The molecule has 26 heavy (non-hydrogen) atoms. The molecule has 0 saturated carbocycles. The Morgan fingerprint density at radius 3 is 3.04 bits per heavy atom. The highest BCUT2D eigenvalue weighted by Crippen LogP contribution is 2.22. The molecule has 6 nitrogen and oxygen atoms in total. The number of carbonyl (C=O) groups is 1. The highest BCUT2D eigenvalue weighted by molar-refractivity contribution is 5.76. The second-order valence-corrected chi connectivity index (χ2v) is 7.24. The average Bonchev–Trinajstić information content (AvgIpc) is 3.21. The van der Waals surface area contributed by atoms with Gasteiger partial charge in [0.05, 0.1) is 0 Å². The van der Waals surface area contributed by atoms with Gasteiger partial charge in [-0.1, -0.05) is 17.3 Å². The zero-order valence-corrected chi connectivity index (χ0v) is 14.9. The Morgan fingerprint density at radius 2 is 2.19 bits per heavy atom. The van der Waals surface area contributed by atoms with E-state index in [-0.39, 0.29) is 11.7 Å². The largest absolute Gasteiger partial charge is 0.341 e. The zero-order valence-electron chi connectivity index (χ0n) is 14.9. The first-order valence-electron chi connectivity index (χ1n) is 9.21. The van der Waals surface area contributed by atoms with Crippen LogP contribution < -0.4 is 5.32 Å². The van der Waals surface area contributed by atoms with E-state index in [4.69, 9.17) is 4.52 Å². The Bertz CT molecular complexity index is 807. The van der Waals surface area contributed by atoms with Crippen molar-refractivity contribution < 1.29 is 13.7 Å². The molecule has 0 radical (unpaired) electrons. The van der Waals surface area contributed by atoms with Gasteiger partial charge in [0.25, 0.3) is 0 Å². The third-order valence-electron chi connectivity index (χ3n) is 5.33. The van der Waals surface area contributed by atoms with E-state index in [9.17, 15) is 9.18 Å². The van der Waals surface area contributed by atoms with Gasteiger partial charge in [-0.05, 0) is 37.8 Å². The molecule has 0 spiro atoms. The number of amides is 1. The molecular formula is C19H23FN4O2. The summed E-state index contributed by atoms with van der Waals surface area (Å²) < 4.78 is 18.9. The number of fused-ring (bicyclic) bond motifs is 2. The molecule has 1 amide bonds. The van der Waals surface area contributed by atoms with Crippen molar-refractivity contribution in [1.29, 1.82) is 0 Å². The maximum absolute atomic E-state index is 13.7. The number of rotatable bonds is 4. The van der Waals surface area contributed by atoms with E-state index in [0.29, 0.717) is 47.8 Å². The lowest BCUT2D eigenvalue weighted by Gasteiger charge is -2.24. The van der Waals surface area contributed by atoms with Crippen molar-refractivity contribution in [3.63, 3.8) is 0 Å². The predicted octanol–water partition coefficient (Wildman–Crippen LogP) is 2.47. The smallest absolute Gasteiger partial charge is 0.227 e. The van der Waals surface area contributed by atoms with Gasteiger partial charge in [0.2, 0.25) is 17.6 Å². The quantitative estimate of drug-likeness (QED) is 0.909. The third-order valence-corrected chi connectivity index (χ3v) is 5.33. The van der Waals surface area contributed by atoms with Gasteiger partial charge in [-0.15, -0.1) is 0 Å². The van der Waals surface area contributed by atoms with Crippen LogP contribution in [0.5, 0.6) is 0 Å². The topological polar surface area (TPSA) is 71.3 Å². The number of likely N-dealkylation sites (tertiary alicyclic amines) is 1. The summed E-state index contributed by atoms with van der Waals surface area (Å²) in [6.45, 7) is 3.30. The van der Waals surface area contributed by atoms with Gasteiger partial charge in [-0.3, -0.25) is 4.79 Å². The van der Waals surface area contributed by atoms with Crippen LogP contribution in [0.1, 0.15) is 37.1 Å². The summed E-state index contributed by atoms with van der Waals surface area (Å²) in [5.41, 5.74) is 1.15. The Labute approximate surface area is 151 Å². The summed E-state index contributed by atoms with van der Waals surface area (Å²) in [5, 5.41) is 7.48. The van der Waals surface area contributed by atoms with E-state index in [0.717, 1.165) is 25.9 Å². The van der Waals surface area contributed by atoms with Crippen molar-refractivity contribution in [2.45, 2.75) is 51.1 Å². The maximum Gasteiger partial charge on any atom is 0.227 e. The van der Waals surface area contributed by atoms with E-state index >= 15 is 0 Å². The first-order chi connectivity index (χ1) is 12.6. The van der Waals surface area contributed by atoms with Gasteiger partial charge in [0.1, 0.15) is 5.82 Å². The summed E-state index contributed by atoms with van der Waals surface area (Å²) >= 11 is 0. The second-order valence-electron chi connectivity index (χ2n) is 7.24. The molecule has 2 aliphatic heterocycles. The number of halogens is 1. The van der Waals surface area contributed by atoms with Gasteiger partial charge in [-0.25, -0.2) is 4.39 Å². The van der Waals surface area contributed by atoms with Crippen molar-refractivity contribution >= 4 is 5.91 Å². The van der Waals surface area contributed by atoms with Crippen molar-refractivity contribution in [1.82, 2.24) is 20.4 Å². The minimum absolute atomic E-state index is 0.125. The van der Waals surface area contributed by atoms with Crippen LogP contribution in [0.4, 0.5) is 4.39 Å². The molecule has 0 aliphatic carbocycles. The molecule has 2 unspecified atom stereocenters. The van der Waals surface area contributed by atoms with Gasteiger partial charge in [0.15, 0.2) is 0 Å². The molecule has 138 valence electrons. The lowest BCUT2D eigenvalue weighted by Crippen LogP contribution is -2.39. The van der Waals surface area contributed by atoms with Crippen LogP contribution in [0.2, 0.25) is 0 Å². The number of nitrogens with one attached hydrogen (secondary N) is 1. The first-order valence-corrected chi connectivity index (χ1v) is 9.21. The van der Waals surface area contributed by atoms with Gasteiger partial charge in [-0.2, -0.15) is 4.98 Å². The predicted molar refractivity (Wildman–Crippen MR) is 93.9 cm³/mol. The minimum Gasteiger partial charge on any atom is -0.341 e. The lowest BCUT2D eigenvalue weighted by atomic mass is 10.1. The summed E-state index contributed by atoms with van der Waals surface area (Å²) in [4.78, 5) is 18.8. The summed E-state index contributed by atoms with van der Waals surface area (Å²) in [6.07, 6.45) is 4.14. The van der Waals surface area contributed by atoms with Gasteiger partial charge >= 0.3 is 0 Å². The molecule has 1 aromatic carbocycles. The Hall–Kier alpha value is -2.28. The molecule has 2 aromatic rings. The lowest BCUT2D eigenvalue weighted by molar-refractivity contribution is -0.131. The molecular weight excluding hydrogens is 335 g/mol. The van der Waals surface area contributed by atoms with Crippen molar-refractivity contribution in [3.05, 3.63) is 35.5 Å². The van der Waals surface area contributed by atoms with Crippen molar-refractivity contribution in [2.75, 3.05) is 13.1 Å². The molecule has 2 fully saturated rings. The fourth-order valence-electron chi connectivity index (χ4n) is 3.75. The highest BCUT2D eigenvalue weighted by atomic mass is 19.1. The Morgan fingerprint density at radius 1 is 1.35 bits per heavy atom. The molecule has 2 aliphatic rings. The highest BCUT2D eigenvalue weighted by Gasteiger charge is 2.31. The summed E-state index contributed by atoms with van der Waals surface area (Å²) in [5.74, 6) is 0.583. The molecule has 2 atom stereocenters. The number of nitrogens with zero attached hydrogens (tertiary/aromatic N) is 3. The van der Waals surface area contributed by atoms with Gasteiger partial charge in [0, 0.05) is 43.6 Å². The zero-order chi connectivity index (χ0) is 18.1.